The molecular weight excluding hydrogens is 314 g/mol. The molecule has 124 valence electrons. The largest absolute Gasteiger partial charge is 0.353 e. The van der Waals surface area contributed by atoms with Crippen LogP contribution in [0, 0.1) is 11.3 Å². The van der Waals surface area contributed by atoms with Gasteiger partial charge < -0.3 is 15.2 Å². The van der Waals surface area contributed by atoms with Crippen molar-refractivity contribution in [2.45, 2.75) is 24.9 Å². The van der Waals surface area contributed by atoms with Crippen LogP contribution in [0.1, 0.15) is 18.5 Å². The van der Waals surface area contributed by atoms with Crippen LogP contribution >= 0.6 is 0 Å². The number of aromatic nitrogens is 4. The highest BCUT2D eigenvalue weighted by Crippen LogP contribution is 2.31. The summed E-state index contributed by atoms with van der Waals surface area (Å²) in [6, 6.07) is 8.86. The molecule has 5 heterocycles. The fraction of sp³-hybridized carbons (Fsp3) is 0.333. The average Bonchev–Trinajstić information content (AvgIpc) is 3.24. The summed E-state index contributed by atoms with van der Waals surface area (Å²) in [6.45, 7) is 1.98. The summed E-state index contributed by atoms with van der Waals surface area (Å²) in [6.07, 6.45) is 5.82. The highest BCUT2D eigenvalue weighted by Gasteiger charge is 2.33. The van der Waals surface area contributed by atoms with Gasteiger partial charge in [-0.25, -0.2) is 15.0 Å². The van der Waals surface area contributed by atoms with E-state index in [2.05, 4.69) is 36.2 Å². The zero-order chi connectivity index (χ0) is 16.8. The first-order valence-corrected chi connectivity index (χ1v) is 8.51. The molecule has 7 heteroatoms. The van der Waals surface area contributed by atoms with Gasteiger partial charge >= 0.3 is 0 Å². The Morgan fingerprint density at radius 3 is 2.68 bits per heavy atom. The molecule has 7 nitrogen and oxygen atoms in total. The Hall–Kier alpha value is -2.98. The van der Waals surface area contributed by atoms with E-state index in [1.165, 1.54) is 12.8 Å². The number of hydrogen-bond acceptors (Lipinski definition) is 6. The lowest BCUT2D eigenvalue weighted by Crippen LogP contribution is -2.51. The Labute approximate surface area is 144 Å². The third-order valence-corrected chi connectivity index (χ3v) is 5.11. The monoisotopic (exact) mass is 331 g/mol. The van der Waals surface area contributed by atoms with Gasteiger partial charge in [0.1, 0.15) is 29.6 Å². The number of nitrogens with zero attached hydrogens (tertiary/aromatic N) is 5. The number of hydrogen-bond donors (Lipinski definition) is 2. The number of H-pyrrole nitrogens is 1. The lowest BCUT2D eigenvalue weighted by Gasteiger charge is -2.33. The number of rotatable bonds is 2. The van der Waals surface area contributed by atoms with E-state index in [0.29, 0.717) is 17.8 Å². The predicted molar refractivity (Wildman–Crippen MR) is 94.0 cm³/mol. The van der Waals surface area contributed by atoms with Crippen molar-refractivity contribution in [3.8, 4) is 17.3 Å². The molecule has 2 aliphatic rings. The first-order chi connectivity index (χ1) is 12.3. The minimum Gasteiger partial charge on any atom is -0.353 e. The molecule has 2 fully saturated rings. The maximum Gasteiger partial charge on any atom is 0.143 e. The van der Waals surface area contributed by atoms with Crippen molar-refractivity contribution in [1.29, 1.82) is 5.26 Å². The second-order valence-electron chi connectivity index (χ2n) is 6.73. The zero-order valence-electron chi connectivity index (χ0n) is 13.6. The first kappa shape index (κ1) is 14.4. The molecule has 3 aromatic heterocycles. The molecule has 2 unspecified atom stereocenters. The number of nitrogens with one attached hydrogen (secondary N) is 2. The Balaban J connectivity index is 1.55. The van der Waals surface area contributed by atoms with E-state index in [1.54, 1.807) is 18.6 Å². The molecule has 2 saturated heterocycles. The van der Waals surface area contributed by atoms with Gasteiger partial charge in [-0.2, -0.15) is 5.26 Å². The quantitative estimate of drug-likeness (QED) is 0.744. The molecule has 2 N–H and O–H groups in total. The minimum absolute atomic E-state index is 0.414. The van der Waals surface area contributed by atoms with Gasteiger partial charge in [0.15, 0.2) is 0 Å². The minimum atomic E-state index is 0.414. The van der Waals surface area contributed by atoms with Crippen LogP contribution in [0.5, 0.6) is 0 Å². The highest BCUT2D eigenvalue weighted by atomic mass is 15.3. The summed E-state index contributed by atoms with van der Waals surface area (Å²) in [4.78, 5) is 18.8. The van der Waals surface area contributed by atoms with Gasteiger partial charge in [-0.1, -0.05) is 0 Å². The van der Waals surface area contributed by atoms with E-state index in [9.17, 15) is 0 Å². The number of anilines is 1. The predicted octanol–water partition coefficient (Wildman–Crippen LogP) is 1.83. The Bertz CT molecular complexity index is 957. The van der Waals surface area contributed by atoms with Crippen LogP contribution in [0.2, 0.25) is 0 Å². The van der Waals surface area contributed by atoms with Crippen LogP contribution in [0.4, 0.5) is 5.82 Å². The maximum absolute atomic E-state index is 8.89. The van der Waals surface area contributed by atoms with Crippen molar-refractivity contribution in [3.05, 3.63) is 36.4 Å². The molecule has 0 saturated carbocycles. The third-order valence-electron chi connectivity index (χ3n) is 5.11. The van der Waals surface area contributed by atoms with Gasteiger partial charge in [0.2, 0.25) is 0 Å². The number of piperazine rings is 1. The summed E-state index contributed by atoms with van der Waals surface area (Å²) in [5, 5.41) is 13.6. The van der Waals surface area contributed by atoms with Crippen LogP contribution < -0.4 is 10.2 Å². The van der Waals surface area contributed by atoms with Crippen molar-refractivity contribution < 1.29 is 0 Å². The van der Waals surface area contributed by atoms with Gasteiger partial charge in [0.25, 0.3) is 0 Å². The van der Waals surface area contributed by atoms with Gasteiger partial charge in [0, 0.05) is 42.6 Å². The van der Waals surface area contributed by atoms with E-state index in [1.807, 2.05) is 12.1 Å². The molecule has 2 bridgehead atoms. The molecular formula is C18H17N7. The Kier molecular flexibility index (Phi) is 3.18. The summed E-state index contributed by atoms with van der Waals surface area (Å²) in [5.74, 6) is 0.993. The molecule has 0 aromatic carbocycles. The fourth-order valence-corrected chi connectivity index (χ4v) is 3.92. The Morgan fingerprint density at radius 1 is 1.12 bits per heavy atom. The number of nitriles is 1. The summed E-state index contributed by atoms with van der Waals surface area (Å²) in [5.41, 5.74) is 3.11. The van der Waals surface area contributed by atoms with E-state index < -0.39 is 0 Å². The molecule has 3 aromatic rings. The molecule has 0 aliphatic carbocycles. The van der Waals surface area contributed by atoms with Crippen molar-refractivity contribution in [2.24, 2.45) is 0 Å². The second-order valence-corrected chi connectivity index (χ2v) is 6.73. The van der Waals surface area contributed by atoms with Gasteiger partial charge in [-0.15, -0.1) is 0 Å². The average molecular weight is 331 g/mol. The van der Waals surface area contributed by atoms with Crippen molar-refractivity contribution in [3.63, 3.8) is 0 Å². The van der Waals surface area contributed by atoms with E-state index in [4.69, 9.17) is 5.26 Å². The fourth-order valence-electron chi connectivity index (χ4n) is 3.92. The summed E-state index contributed by atoms with van der Waals surface area (Å²) in [7, 11) is 0. The van der Waals surface area contributed by atoms with Crippen LogP contribution in [-0.4, -0.2) is 45.1 Å². The molecule has 2 aliphatic heterocycles. The molecule has 0 spiro atoms. The summed E-state index contributed by atoms with van der Waals surface area (Å²) >= 11 is 0. The van der Waals surface area contributed by atoms with Crippen LogP contribution in [0.3, 0.4) is 0 Å². The topological polar surface area (TPSA) is 93.5 Å². The first-order valence-electron chi connectivity index (χ1n) is 8.51. The molecule has 5 rings (SSSR count). The normalized spacial score (nSPS) is 22.3. The number of pyridine rings is 1. The van der Waals surface area contributed by atoms with Crippen LogP contribution in [-0.2, 0) is 0 Å². The molecule has 2 atom stereocenters. The zero-order valence-corrected chi connectivity index (χ0v) is 13.6. The standard InChI is InChI=1S/C18H17N7/c19-6-12-2-1-11(7-20-12)16-5-15-17(24-16)21-10-22-18(15)25-8-13-3-4-14(9-25)23-13/h1-2,5,7,10,13-14,23H,3-4,8-9H2,(H,21,22,24). The lowest BCUT2D eigenvalue weighted by atomic mass is 10.2. The molecule has 0 radical (unpaired) electrons. The molecule has 25 heavy (non-hydrogen) atoms. The summed E-state index contributed by atoms with van der Waals surface area (Å²) < 4.78 is 0. The van der Waals surface area contributed by atoms with E-state index in [-0.39, 0.29) is 0 Å². The number of fused-ring (bicyclic) bond motifs is 3. The highest BCUT2D eigenvalue weighted by molar-refractivity contribution is 5.92. The third kappa shape index (κ3) is 2.42. The van der Waals surface area contributed by atoms with Crippen molar-refractivity contribution >= 4 is 16.9 Å². The van der Waals surface area contributed by atoms with Crippen molar-refractivity contribution in [2.75, 3.05) is 18.0 Å². The lowest BCUT2D eigenvalue weighted by molar-refractivity contribution is 0.464. The second kappa shape index (κ2) is 5.53. The van der Waals surface area contributed by atoms with Gasteiger partial charge in [-0.3, -0.25) is 0 Å². The number of aromatic amines is 1. The van der Waals surface area contributed by atoms with Crippen LogP contribution in [0.25, 0.3) is 22.3 Å². The van der Waals surface area contributed by atoms with Crippen LogP contribution in [0.15, 0.2) is 30.7 Å². The van der Waals surface area contributed by atoms with Crippen molar-refractivity contribution in [1.82, 2.24) is 25.3 Å². The SMILES string of the molecule is N#Cc1ccc(-c2cc3c(N4CC5CCC(C4)N5)ncnc3[nH]2)cn1. The maximum atomic E-state index is 8.89. The van der Waals surface area contributed by atoms with E-state index in [0.717, 1.165) is 41.2 Å². The molecule has 0 amide bonds. The van der Waals surface area contributed by atoms with Gasteiger partial charge in [0.05, 0.1) is 5.39 Å². The van der Waals surface area contributed by atoms with E-state index >= 15 is 0 Å². The van der Waals surface area contributed by atoms with Gasteiger partial charge in [-0.05, 0) is 31.0 Å². The smallest absolute Gasteiger partial charge is 0.143 e. The Morgan fingerprint density at radius 2 is 1.96 bits per heavy atom.